The molecule has 0 spiro atoms. The summed E-state index contributed by atoms with van der Waals surface area (Å²) in [4.78, 5) is 23.4. The summed E-state index contributed by atoms with van der Waals surface area (Å²) in [5.74, 6) is -1.51. The maximum Gasteiger partial charge on any atom is 0.337 e. The third-order valence-corrected chi connectivity index (χ3v) is 3.68. The van der Waals surface area contributed by atoms with Crippen molar-refractivity contribution >= 4 is 39.2 Å². The van der Waals surface area contributed by atoms with Gasteiger partial charge in [-0.2, -0.15) is 0 Å². The summed E-state index contributed by atoms with van der Waals surface area (Å²) in [6.45, 7) is 1.80. The topological polar surface area (TPSA) is 92.4 Å². The number of aryl methyl sites for hydroxylation is 1. The molecule has 2 aromatic rings. The molecule has 6 heteroatoms. The van der Waals surface area contributed by atoms with E-state index in [2.05, 4.69) is 21.2 Å². The average Bonchev–Trinajstić information content (AvgIpc) is 2.43. The molecule has 0 unspecified atom stereocenters. The molecule has 0 heterocycles. The number of para-hydroxylation sites is 1. The molecule has 0 aromatic heterocycles. The standard InChI is InChI=1S/C15H13BrN2O3/c1-8-7-9(5-6-12(8)17)14(19)18-13-10(15(20)21)3-2-4-11(13)16/h2-7H,17H2,1H3,(H,18,19)(H,20,21). The van der Waals surface area contributed by atoms with Crippen LogP contribution in [-0.4, -0.2) is 17.0 Å². The van der Waals surface area contributed by atoms with Crippen LogP contribution in [0.5, 0.6) is 0 Å². The van der Waals surface area contributed by atoms with E-state index in [4.69, 9.17) is 10.8 Å². The van der Waals surface area contributed by atoms with E-state index in [1.807, 2.05) is 0 Å². The minimum atomic E-state index is -1.11. The number of carboxylic acid groups (broad SMARTS) is 1. The molecule has 0 radical (unpaired) electrons. The zero-order chi connectivity index (χ0) is 15.6. The SMILES string of the molecule is Cc1cc(C(=O)Nc2c(Br)cccc2C(=O)O)ccc1N. The van der Waals surface area contributed by atoms with E-state index < -0.39 is 11.9 Å². The van der Waals surface area contributed by atoms with Gasteiger partial charge in [-0.05, 0) is 58.7 Å². The Morgan fingerprint density at radius 2 is 1.95 bits per heavy atom. The van der Waals surface area contributed by atoms with Crippen LogP contribution in [0.2, 0.25) is 0 Å². The van der Waals surface area contributed by atoms with Gasteiger partial charge >= 0.3 is 5.97 Å². The predicted octanol–water partition coefficient (Wildman–Crippen LogP) is 3.29. The van der Waals surface area contributed by atoms with E-state index in [1.54, 1.807) is 37.3 Å². The van der Waals surface area contributed by atoms with Crippen molar-refractivity contribution < 1.29 is 14.7 Å². The zero-order valence-corrected chi connectivity index (χ0v) is 12.8. The molecule has 0 aliphatic rings. The molecule has 5 nitrogen and oxygen atoms in total. The second-order valence-corrected chi connectivity index (χ2v) is 5.35. The van der Waals surface area contributed by atoms with Crippen molar-refractivity contribution in [2.75, 3.05) is 11.1 Å². The lowest BCUT2D eigenvalue weighted by atomic mass is 10.1. The van der Waals surface area contributed by atoms with E-state index in [1.165, 1.54) is 6.07 Å². The number of nitrogens with two attached hydrogens (primary N) is 1. The number of hydrogen-bond acceptors (Lipinski definition) is 3. The Kier molecular flexibility index (Phi) is 4.28. The first-order valence-electron chi connectivity index (χ1n) is 6.09. The van der Waals surface area contributed by atoms with Crippen molar-refractivity contribution in [3.8, 4) is 0 Å². The van der Waals surface area contributed by atoms with Crippen LogP contribution in [-0.2, 0) is 0 Å². The molecule has 4 N–H and O–H groups in total. The number of amides is 1. The summed E-state index contributed by atoms with van der Waals surface area (Å²) in [5, 5.41) is 11.8. The summed E-state index contributed by atoms with van der Waals surface area (Å²) < 4.78 is 0.503. The Hall–Kier alpha value is -2.34. The number of anilines is 2. The number of carbonyl (C=O) groups excluding carboxylic acids is 1. The Morgan fingerprint density at radius 3 is 2.57 bits per heavy atom. The van der Waals surface area contributed by atoms with Gasteiger partial charge < -0.3 is 16.2 Å². The smallest absolute Gasteiger partial charge is 0.337 e. The van der Waals surface area contributed by atoms with Gasteiger partial charge in [0.05, 0.1) is 11.3 Å². The van der Waals surface area contributed by atoms with Gasteiger partial charge in [0.1, 0.15) is 0 Å². The minimum absolute atomic E-state index is 0.0184. The number of halogens is 1. The minimum Gasteiger partial charge on any atom is -0.478 e. The fraction of sp³-hybridized carbons (Fsp3) is 0.0667. The van der Waals surface area contributed by atoms with Crippen molar-refractivity contribution in [3.63, 3.8) is 0 Å². The van der Waals surface area contributed by atoms with E-state index >= 15 is 0 Å². The Morgan fingerprint density at radius 1 is 1.24 bits per heavy atom. The monoisotopic (exact) mass is 348 g/mol. The number of nitrogens with one attached hydrogen (secondary N) is 1. The molecule has 1 amide bonds. The Bertz CT molecular complexity index is 729. The fourth-order valence-electron chi connectivity index (χ4n) is 1.83. The molecule has 0 aliphatic heterocycles. The van der Waals surface area contributed by atoms with Crippen LogP contribution in [0.4, 0.5) is 11.4 Å². The average molecular weight is 349 g/mol. The van der Waals surface area contributed by atoms with Crippen LogP contribution >= 0.6 is 15.9 Å². The maximum atomic E-state index is 12.2. The highest BCUT2D eigenvalue weighted by Crippen LogP contribution is 2.27. The van der Waals surface area contributed by atoms with Gasteiger partial charge in [-0.25, -0.2) is 4.79 Å². The summed E-state index contributed by atoms with van der Waals surface area (Å²) in [6, 6.07) is 9.57. The van der Waals surface area contributed by atoms with Gasteiger partial charge in [-0.1, -0.05) is 6.07 Å². The van der Waals surface area contributed by atoms with E-state index in [-0.39, 0.29) is 11.3 Å². The van der Waals surface area contributed by atoms with Crippen LogP contribution < -0.4 is 11.1 Å². The van der Waals surface area contributed by atoms with Crippen molar-refractivity contribution in [2.45, 2.75) is 6.92 Å². The zero-order valence-electron chi connectivity index (χ0n) is 11.2. The van der Waals surface area contributed by atoms with Gasteiger partial charge in [0.25, 0.3) is 5.91 Å². The number of carbonyl (C=O) groups is 2. The van der Waals surface area contributed by atoms with Crippen molar-refractivity contribution in [2.24, 2.45) is 0 Å². The first-order chi connectivity index (χ1) is 9.90. The third kappa shape index (κ3) is 3.22. The normalized spacial score (nSPS) is 10.2. The molecular formula is C15H13BrN2O3. The molecule has 0 saturated carbocycles. The molecule has 0 atom stereocenters. The highest BCUT2D eigenvalue weighted by Gasteiger charge is 2.16. The number of rotatable bonds is 3. The summed E-state index contributed by atoms with van der Waals surface area (Å²) in [7, 11) is 0. The van der Waals surface area contributed by atoms with Crippen molar-refractivity contribution in [1.29, 1.82) is 0 Å². The van der Waals surface area contributed by atoms with Crippen LogP contribution in [0, 0.1) is 6.92 Å². The van der Waals surface area contributed by atoms with Gasteiger partial charge in [-0.3, -0.25) is 4.79 Å². The molecule has 2 rings (SSSR count). The number of hydrogen-bond donors (Lipinski definition) is 3. The first-order valence-corrected chi connectivity index (χ1v) is 6.88. The Balaban J connectivity index is 2.36. The second kappa shape index (κ2) is 5.97. The summed E-state index contributed by atoms with van der Waals surface area (Å²) in [6.07, 6.45) is 0. The lowest BCUT2D eigenvalue weighted by Crippen LogP contribution is -2.15. The first kappa shape index (κ1) is 15.1. The number of carboxylic acids is 1. The lowest BCUT2D eigenvalue weighted by Gasteiger charge is -2.11. The Labute approximate surface area is 129 Å². The van der Waals surface area contributed by atoms with Gasteiger partial charge in [0.15, 0.2) is 0 Å². The van der Waals surface area contributed by atoms with Gasteiger partial charge in [0, 0.05) is 15.7 Å². The highest BCUT2D eigenvalue weighted by atomic mass is 79.9. The van der Waals surface area contributed by atoms with Crippen molar-refractivity contribution in [3.05, 3.63) is 57.6 Å². The fourth-order valence-corrected chi connectivity index (χ4v) is 2.30. The van der Waals surface area contributed by atoms with E-state index in [9.17, 15) is 9.59 Å². The number of benzene rings is 2. The largest absolute Gasteiger partial charge is 0.478 e. The van der Waals surface area contributed by atoms with Crippen LogP contribution in [0.25, 0.3) is 0 Å². The molecule has 0 fully saturated rings. The second-order valence-electron chi connectivity index (χ2n) is 4.49. The number of aromatic carboxylic acids is 1. The summed E-state index contributed by atoms with van der Waals surface area (Å²) in [5.41, 5.74) is 7.75. The van der Waals surface area contributed by atoms with Crippen molar-refractivity contribution in [1.82, 2.24) is 0 Å². The van der Waals surface area contributed by atoms with Crippen LogP contribution in [0.15, 0.2) is 40.9 Å². The lowest BCUT2D eigenvalue weighted by molar-refractivity contribution is 0.0698. The molecule has 2 aromatic carbocycles. The molecule has 0 bridgehead atoms. The highest BCUT2D eigenvalue weighted by molar-refractivity contribution is 9.10. The molecular weight excluding hydrogens is 336 g/mol. The van der Waals surface area contributed by atoms with Gasteiger partial charge in [-0.15, -0.1) is 0 Å². The molecule has 0 saturated heterocycles. The van der Waals surface area contributed by atoms with E-state index in [0.717, 1.165) is 5.56 Å². The molecule has 21 heavy (non-hydrogen) atoms. The maximum absolute atomic E-state index is 12.2. The predicted molar refractivity (Wildman–Crippen MR) is 84.6 cm³/mol. The number of nitrogen functional groups attached to an aromatic ring is 1. The van der Waals surface area contributed by atoms with Gasteiger partial charge in [0.2, 0.25) is 0 Å². The van der Waals surface area contributed by atoms with Crippen LogP contribution in [0.1, 0.15) is 26.3 Å². The summed E-state index contributed by atoms with van der Waals surface area (Å²) >= 11 is 3.24. The quantitative estimate of drug-likeness (QED) is 0.742. The third-order valence-electron chi connectivity index (χ3n) is 3.01. The molecule has 108 valence electrons. The van der Waals surface area contributed by atoms with Crippen LogP contribution in [0.3, 0.4) is 0 Å². The van der Waals surface area contributed by atoms with E-state index in [0.29, 0.717) is 15.7 Å². The molecule has 0 aliphatic carbocycles.